The van der Waals surface area contributed by atoms with Crippen LogP contribution in [-0.4, -0.2) is 44.5 Å². The Balaban J connectivity index is 1.55. The Morgan fingerprint density at radius 2 is 1.81 bits per heavy atom. The number of methoxy groups -OCH3 is 1. The van der Waals surface area contributed by atoms with Crippen molar-refractivity contribution in [2.24, 2.45) is 7.05 Å². The number of fused-ring (bicyclic) bond motifs is 1. The predicted molar refractivity (Wildman–Crippen MR) is 141 cm³/mol. The van der Waals surface area contributed by atoms with Gasteiger partial charge in [0.2, 0.25) is 11.8 Å². The molecule has 1 fully saturated rings. The molecule has 2 amide bonds. The van der Waals surface area contributed by atoms with Gasteiger partial charge < -0.3 is 14.6 Å². The van der Waals surface area contributed by atoms with Crippen LogP contribution in [0.4, 0.5) is 5.69 Å². The van der Waals surface area contributed by atoms with Crippen LogP contribution in [-0.2, 0) is 23.2 Å². The summed E-state index contributed by atoms with van der Waals surface area (Å²) in [6.45, 7) is -0.0653. The van der Waals surface area contributed by atoms with E-state index in [9.17, 15) is 9.59 Å². The van der Waals surface area contributed by atoms with E-state index in [0.29, 0.717) is 17.0 Å². The van der Waals surface area contributed by atoms with E-state index in [1.165, 1.54) is 6.42 Å². The van der Waals surface area contributed by atoms with Crippen LogP contribution in [0.2, 0.25) is 0 Å². The second-order valence-electron chi connectivity index (χ2n) is 9.49. The molecule has 0 aliphatic heterocycles. The van der Waals surface area contributed by atoms with E-state index in [1.807, 2.05) is 54.2 Å². The lowest BCUT2D eigenvalue weighted by molar-refractivity contribution is -0.127. The largest absolute Gasteiger partial charge is 0.497 e. The van der Waals surface area contributed by atoms with E-state index in [1.54, 1.807) is 41.0 Å². The highest BCUT2D eigenvalue weighted by atomic mass is 16.5. The van der Waals surface area contributed by atoms with E-state index in [-0.39, 0.29) is 24.4 Å². The molecule has 4 aromatic rings. The average molecular weight is 501 g/mol. The number of nitrogens with one attached hydrogen (secondary N) is 1. The highest BCUT2D eigenvalue weighted by molar-refractivity contribution is 6.01. The van der Waals surface area contributed by atoms with Gasteiger partial charge in [-0.15, -0.1) is 5.10 Å². The summed E-state index contributed by atoms with van der Waals surface area (Å²) in [6.07, 6.45) is 7.17. The Hall–Kier alpha value is -4.14. The van der Waals surface area contributed by atoms with Gasteiger partial charge in [-0.25, -0.2) is 4.68 Å². The number of ether oxygens (including phenoxy) is 1. The van der Waals surface area contributed by atoms with Gasteiger partial charge in [-0.3, -0.25) is 14.5 Å². The Kier molecular flexibility index (Phi) is 7.20. The van der Waals surface area contributed by atoms with Gasteiger partial charge in [0.25, 0.3) is 0 Å². The van der Waals surface area contributed by atoms with Gasteiger partial charge in [0.05, 0.1) is 18.3 Å². The van der Waals surface area contributed by atoms with Gasteiger partial charge in [-0.05, 0) is 61.4 Å². The van der Waals surface area contributed by atoms with Crippen LogP contribution in [0.5, 0.6) is 5.75 Å². The van der Waals surface area contributed by atoms with Gasteiger partial charge >= 0.3 is 0 Å². The SMILES string of the molecule is COc1ccc(N(C(=O)Cn2nnc3ccccc32)[C@H](C(=O)NC2CCCCC2)c2cccn2C)cc1. The monoisotopic (exact) mass is 500 g/mol. The van der Waals surface area contributed by atoms with Crippen molar-refractivity contribution in [1.82, 2.24) is 24.9 Å². The number of rotatable bonds is 8. The lowest BCUT2D eigenvalue weighted by atomic mass is 9.95. The average Bonchev–Trinajstić information content (AvgIpc) is 3.53. The van der Waals surface area contributed by atoms with Crippen LogP contribution in [0.15, 0.2) is 66.9 Å². The summed E-state index contributed by atoms with van der Waals surface area (Å²) >= 11 is 0. The number of anilines is 1. The standard InChI is InChI=1S/C28H32N6O3/c1-32-18-8-13-25(32)27(28(36)29-20-9-4-3-5-10-20)34(21-14-16-22(37-2)17-15-21)26(35)19-33-24-12-7-6-11-23(24)30-31-33/h6-8,11-18,20,27H,3-5,9-10,19H2,1-2H3,(H,29,36)/t27-/m0/s1. The third-order valence-corrected chi connectivity index (χ3v) is 7.05. The van der Waals surface area contributed by atoms with E-state index >= 15 is 0 Å². The molecule has 5 rings (SSSR count). The minimum Gasteiger partial charge on any atom is -0.497 e. The molecule has 2 aromatic carbocycles. The molecule has 192 valence electrons. The summed E-state index contributed by atoms with van der Waals surface area (Å²) in [5.41, 5.74) is 2.79. The predicted octanol–water partition coefficient (Wildman–Crippen LogP) is 4.00. The van der Waals surface area contributed by atoms with Gasteiger partial charge in [-0.2, -0.15) is 0 Å². The molecule has 0 saturated heterocycles. The third-order valence-electron chi connectivity index (χ3n) is 7.05. The van der Waals surface area contributed by atoms with Crippen LogP contribution < -0.4 is 15.0 Å². The molecule has 0 spiro atoms. The minimum absolute atomic E-state index is 0.0653. The van der Waals surface area contributed by atoms with Gasteiger partial charge in [0.1, 0.15) is 17.8 Å². The fraction of sp³-hybridized carbons (Fsp3) is 0.357. The van der Waals surface area contributed by atoms with Crippen molar-refractivity contribution in [3.63, 3.8) is 0 Å². The minimum atomic E-state index is -0.863. The van der Waals surface area contributed by atoms with Crippen molar-refractivity contribution in [2.45, 2.75) is 50.7 Å². The topological polar surface area (TPSA) is 94.3 Å². The number of nitrogens with zero attached hydrogens (tertiary/aromatic N) is 5. The van der Waals surface area contributed by atoms with E-state index in [4.69, 9.17) is 4.74 Å². The smallest absolute Gasteiger partial charge is 0.249 e. The van der Waals surface area contributed by atoms with Crippen molar-refractivity contribution in [1.29, 1.82) is 0 Å². The first-order valence-corrected chi connectivity index (χ1v) is 12.7. The van der Waals surface area contributed by atoms with Gasteiger partial charge in [0.15, 0.2) is 6.04 Å². The number of amides is 2. The third kappa shape index (κ3) is 5.21. The Morgan fingerprint density at radius 3 is 2.51 bits per heavy atom. The molecule has 0 bridgehead atoms. The summed E-state index contributed by atoms with van der Waals surface area (Å²) < 4.78 is 8.80. The molecule has 1 aliphatic carbocycles. The van der Waals surface area contributed by atoms with Crippen LogP contribution >= 0.6 is 0 Å². The zero-order valence-electron chi connectivity index (χ0n) is 21.2. The fourth-order valence-corrected chi connectivity index (χ4v) is 5.09. The van der Waals surface area contributed by atoms with Gasteiger partial charge in [0, 0.05) is 25.0 Å². The van der Waals surface area contributed by atoms with Crippen molar-refractivity contribution >= 4 is 28.5 Å². The van der Waals surface area contributed by atoms with Crippen LogP contribution in [0.3, 0.4) is 0 Å². The van der Waals surface area contributed by atoms with Gasteiger partial charge in [-0.1, -0.05) is 36.6 Å². The molecule has 9 nitrogen and oxygen atoms in total. The van der Waals surface area contributed by atoms with Crippen LogP contribution in [0.25, 0.3) is 11.0 Å². The summed E-state index contributed by atoms with van der Waals surface area (Å²) in [4.78, 5) is 29.6. The summed E-state index contributed by atoms with van der Waals surface area (Å²) in [5, 5.41) is 11.6. The first-order valence-electron chi connectivity index (χ1n) is 12.7. The molecule has 0 radical (unpaired) electrons. The molecule has 1 N–H and O–H groups in total. The number of hydrogen-bond acceptors (Lipinski definition) is 5. The van der Waals surface area contributed by atoms with E-state index in [2.05, 4.69) is 15.6 Å². The second-order valence-corrected chi connectivity index (χ2v) is 9.49. The molecule has 0 unspecified atom stereocenters. The Morgan fingerprint density at radius 1 is 1.05 bits per heavy atom. The molecule has 37 heavy (non-hydrogen) atoms. The van der Waals surface area contributed by atoms with Crippen molar-refractivity contribution in [3.8, 4) is 5.75 Å². The highest BCUT2D eigenvalue weighted by Crippen LogP contribution is 2.31. The van der Waals surface area contributed by atoms with Crippen molar-refractivity contribution in [3.05, 3.63) is 72.6 Å². The molecule has 1 aliphatic rings. The lowest BCUT2D eigenvalue weighted by Crippen LogP contribution is -2.48. The van der Waals surface area contributed by atoms with E-state index < -0.39 is 6.04 Å². The molecule has 9 heteroatoms. The first-order chi connectivity index (χ1) is 18.0. The molecule has 2 aromatic heterocycles. The quantitative estimate of drug-likeness (QED) is 0.395. The Bertz CT molecular complexity index is 1370. The maximum atomic E-state index is 14.1. The molecular weight excluding hydrogens is 468 g/mol. The molecule has 1 atom stereocenters. The maximum absolute atomic E-state index is 14.1. The number of carbonyl (C=O) groups is 2. The van der Waals surface area contributed by atoms with E-state index in [0.717, 1.165) is 36.9 Å². The lowest BCUT2D eigenvalue weighted by Gasteiger charge is -2.33. The molecule has 2 heterocycles. The number of aromatic nitrogens is 4. The zero-order chi connectivity index (χ0) is 25.8. The van der Waals surface area contributed by atoms with Crippen LogP contribution in [0, 0.1) is 0 Å². The van der Waals surface area contributed by atoms with Crippen molar-refractivity contribution in [2.75, 3.05) is 12.0 Å². The number of benzene rings is 2. The molecule has 1 saturated carbocycles. The highest BCUT2D eigenvalue weighted by Gasteiger charge is 2.35. The number of aryl methyl sites for hydroxylation is 1. The maximum Gasteiger partial charge on any atom is 0.249 e. The fourth-order valence-electron chi connectivity index (χ4n) is 5.09. The number of carbonyl (C=O) groups excluding carboxylic acids is 2. The summed E-state index contributed by atoms with van der Waals surface area (Å²) in [5.74, 6) is 0.202. The number of hydrogen-bond donors (Lipinski definition) is 1. The van der Waals surface area contributed by atoms with Crippen LogP contribution in [0.1, 0.15) is 43.8 Å². The Labute approximate surface area is 216 Å². The van der Waals surface area contributed by atoms with Crippen molar-refractivity contribution < 1.29 is 14.3 Å². The number of para-hydroxylation sites is 1. The zero-order valence-corrected chi connectivity index (χ0v) is 21.2. The summed E-state index contributed by atoms with van der Waals surface area (Å²) in [6, 6.07) is 17.7. The second kappa shape index (κ2) is 10.9. The molecular formula is C28H32N6O3. The normalized spacial score (nSPS) is 14.9. The summed E-state index contributed by atoms with van der Waals surface area (Å²) in [7, 11) is 3.48. The first kappa shape index (κ1) is 24.5.